The van der Waals surface area contributed by atoms with Crippen molar-refractivity contribution in [3.63, 3.8) is 0 Å². The number of rotatable bonds is 2. The van der Waals surface area contributed by atoms with Crippen LogP contribution in [0.15, 0.2) is 22.8 Å². The Labute approximate surface area is 186 Å². The predicted octanol–water partition coefficient (Wildman–Crippen LogP) is 3.48. The van der Waals surface area contributed by atoms with E-state index >= 15 is 0 Å². The molecule has 1 fully saturated rings. The number of aliphatic hydroxyl groups is 2. The lowest BCUT2D eigenvalue weighted by Crippen LogP contribution is -2.49. The zero-order valence-corrected chi connectivity index (χ0v) is 20.0. The number of carbonyl (C=O) groups is 1. The summed E-state index contributed by atoms with van der Waals surface area (Å²) in [6.07, 6.45) is -0.348. The Morgan fingerprint density at radius 2 is 1.79 bits per heavy atom. The van der Waals surface area contributed by atoms with Crippen molar-refractivity contribution >= 4 is 53.4 Å². The molecule has 0 bridgehead atoms. The minimum absolute atomic E-state index is 0.348. The third-order valence-electron chi connectivity index (χ3n) is 2.83. The second kappa shape index (κ2) is 12.9. The smallest absolute Gasteiger partial charge is 0.410 e. The van der Waals surface area contributed by atoms with Crippen molar-refractivity contribution in [3.8, 4) is 0 Å². The molecule has 1 aromatic rings. The van der Waals surface area contributed by atoms with Crippen LogP contribution in [0.4, 0.5) is 4.79 Å². The van der Waals surface area contributed by atoms with Gasteiger partial charge < -0.3 is 19.8 Å². The molecule has 28 heavy (non-hydrogen) atoms. The van der Waals surface area contributed by atoms with E-state index in [0.717, 1.165) is 16.6 Å². The van der Waals surface area contributed by atoms with Crippen molar-refractivity contribution in [2.45, 2.75) is 45.2 Å². The molecular formula is C17H28BBrClN3O4S. The van der Waals surface area contributed by atoms with Gasteiger partial charge in [0.25, 0.3) is 0 Å². The summed E-state index contributed by atoms with van der Waals surface area (Å²) in [5.74, 6) is 0. The molecule has 0 saturated carbocycles. The Kier molecular flexibility index (Phi) is 12.7. The Balaban J connectivity index is 0.000000604. The lowest BCUT2D eigenvalue weighted by molar-refractivity contribution is -0.00616. The van der Waals surface area contributed by atoms with E-state index in [0.29, 0.717) is 31.3 Å². The highest BCUT2D eigenvalue weighted by Crippen LogP contribution is 2.22. The van der Waals surface area contributed by atoms with Crippen molar-refractivity contribution in [2.24, 2.45) is 0 Å². The Hall–Kier alpha value is -0.515. The maximum atomic E-state index is 11.8. The summed E-state index contributed by atoms with van der Waals surface area (Å²) in [5, 5.41) is 16.3. The number of ether oxygens (including phenoxy) is 1. The molecule has 11 heteroatoms. The van der Waals surface area contributed by atoms with Gasteiger partial charge in [0.1, 0.15) is 15.4 Å². The van der Waals surface area contributed by atoms with Crippen LogP contribution >= 0.6 is 39.5 Å². The van der Waals surface area contributed by atoms with Crippen LogP contribution in [-0.4, -0.2) is 75.1 Å². The van der Waals surface area contributed by atoms with Crippen LogP contribution in [0.5, 0.6) is 0 Å². The predicted molar refractivity (Wildman–Crippen MR) is 118 cm³/mol. The van der Waals surface area contributed by atoms with Crippen molar-refractivity contribution in [2.75, 3.05) is 26.2 Å². The minimum Gasteiger partial charge on any atom is -0.444 e. The third kappa shape index (κ3) is 13.6. The first-order chi connectivity index (χ1) is 12.9. The molecule has 0 atom stereocenters. The van der Waals surface area contributed by atoms with E-state index < -0.39 is 10.6 Å². The van der Waals surface area contributed by atoms with Gasteiger partial charge in [-0.25, -0.2) is 14.1 Å². The second-order valence-corrected chi connectivity index (χ2v) is 8.93. The molecule has 0 unspecified atom stereocenters. The van der Waals surface area contributed by atoms with Crippen molar-refractivity contribution in [1.29, 1.82) is 0 Å². The molecule has 7 nitrogen and oxygen atoms in total. The fourth-order valence-corrected chi connectivity index (χ4v) is 3.20. The number of carbonyl (C=O) groups excluding carboxylic acids is 1. The van der Waals surface area contributed by atoms with Gasteiger partial charge in [-0.3, -0.25) is 0 Å². The SMILES string of the molecule is CC.Clc1cccc(Br)n1.[B]C(O)(O)SN1CCN(C(=O)OC(C)(C)C)CC1. The Morgan fingerprint density at radius 3 is 2.14 bits per heavy atom. The van der Waals surface area contributed by atoms with E-state index in [4.69, 9.17) is 34.4 Å². The Bertz CT molecular complexity index is 577. The molecule has 0 spiro atoms. The first-order valence-electron chi connectivity index (χ1n) is 8.79. The maximum Gasteiger partial charge on any atom is 0.410 e. The fraction of sp³-hybridized carbons (Fsp3) is 0.647. The average molecular weight is 497 g/mol. The number of pyridine rings is 1. The second-order valence-electron chi connectivity index (χ2n) is 6.43. The van der Waals surface area contributed by atoms with Crippen molar-refractivity contribution < 1.29 is 19.7 Å². The van der Waals surface area contributed by atoms with Crippen LogP contribution in [0.1, 0.15) is 34.6 Å². The summed E-state index contributed by atoms with van der Waals surface area (Å²) in [6, 6.07) is 5.39. The van der Waals surface area contributed by atoms with Crippen LogP contribution in [0.25, 0.3) is 0 Å². The number of hydrogen-bond acceptors (Lipinski definition) is 7. The molecule has 2 radical (unpaired) electrons. The summed E-state index contributed by atoms with van der Waals surface area (Å²) in [7, 11) is 5.07. The third-order valence-corrected chi connectivity index (χ3v) is 4.38. The summed E-state index contributed by atoms with van der Waals surface area (Å²) in [5.41, 5.74) is -0.508. The van der Waals surface area contributed by atoms with Crippen LogP contribution in [0, 0.1) is 0 Å². The highest BCUT2D eigenvalue weighted by atomic mass is 79.9. The van der Waals surface area contributed by atoms with E-state index in [1.165, 1.54) is 0 Å². The van der Waals surface area contributed by atoms with E-state index in [1.54, 1.807) is 15.3 Å². The molecule has 0 aromatic carbocycles. The summed E-state index contributed by atoms with van der Waals surface area (Å²) in [6.45, 7) is 11.4. The standard InChI is InChI=1S/C10H19BN2O4S.C5H3BrClN.C2H6/c1-9(2,3)17-8(14)12-4-6-13(7-5-12)18-10(11,15)16;6-4-2-1-3-5(7)8-4;1-2/h15-16H,4-7H2,1-3H3;1-3H;1-2H3. The molecule has 1 aromatic heterocycles. The molecule has 1 amide bonds. The Morgan fingerprint density at radius 1 is 1.25 bits per heavy atom. The summed E-state index contributed by atoms with van der Waals surface area (Å²) >= 11 is 9.42. The first kappa shape index (κ1) is 27.5. The van der Waals surface area contributed by atoms with Crippen LogP contribution in [-0.2, 0) is 4.74 Å². The van der Waals surface area contributed by atoms with Gasteiger partial charge in [0.05, 0.1) is 0 Å². The average Bonchev–Trinajstić information content (AvgIpc) is 2.54. The topological polar surface area (TPSA) is 86.1 Å². The molecule has 1 aliphatic heterocycles. The normalized spacial score (nSPS) is 15.0. The maximum absolute atomic E-state index is 11.8. The molecule has 1 saturated heterocycles. The van der Waals surface area contributed by atoms with E-state index in [2.05, 4.69) is 20.9 Å². The molecule has 1 aliphatic rings. The number of hydrogen-bond donors (Lipinski definition) is 2. The number of halogens is 2. The van der Waals surface area contributed by atoms with Crippen molar-refractivity contribution in [1.82, 2.24) is 14.2 Å². The summed E-state index contributed by atoms with van der Waals surface area (Å²) in [4.78, 5) is 17.2. The zero-order valence-electron chi connectivity index (χ0n) is 16.9. The number of aromatic nitrogens is 1. The minimum atomic E-state index is -2.27. The van der Waals surface area contributed by atoms with Crippen LogP contribution in [0.3, 0.4) is 0 Å². The zero-order chi connectivity index (χ0) is 22.0. The van der Waals surface area contributed by atoms with Crippen LogP contribution < -0.4 is 0 Å². The van der Waals surface area contributed by atoms with E-state index in [9.17, 15) is 4.79 Å². The van der Waals surface area contributed by atoms with Gasteiger partial charge in [-0.1, -0.05) is 31.5 Å². The lowest BCUT2D eigenvalue weighted by atomic mass is 10.1. The fourth-order valence-electron chi connectivity index (χ4n) is 1.86. The van der Waals surface area contributed by atoms with Gasteiger partial charge in [0.15, 0.2) is 12.9 Å². The van der Waals surface area contributed by atoms with Gasteiger partial charge in [-0.05, 0) is 60.8 Å². The van der Waals surface area contributed by atoms with Crippen molar-refractivity contribution in [3.05, 3.63) is 28.0 Å². The number of nitrogens with zero attached hydrogens (tertiary/aromatic N) is 3. The van der Waals surface area contributed by atoms with Gasteiger partial charge in [-0.15, -0.1) is 0 Å². The van der Waals surface area contributed by atoms with Gasteiger partial charge in [-0.2, -0.15) is 0 Å². The molecule has 0 aliphatic carbocycles. The van der Waals surface area contributed by atoms with E-state index in [1.807, 2.05) is 46.8 Å². The lowest BCUT2D eigenvalue weighted by Gasteiger charge is -2.36. The van der Waals surface area contributed by atoms with Gasteiger partial charge in [0, 0.05) is 26.2 Å². The van der Waals surface area contributed by atoms with Gasteiger partial charge in [0.2, 0.25) is 0 Å². The highest BCUT2D eigenvalue weighted by Gasteiger charge is 2.28. The number of piperazine rings is 1. The summed E-state index contributed by atoms with van der Waals surface area (Å²) < 4.78 is 7.73. The van der Waals surface area contributed by atoms with Crippen LogP contribution in [0.2, 0.25) is 5.15 Å². The van der Waals surface area contributed by atoms with E-state index in [-0.39, 0.29) is 6.09 Å². The quantitative estimate of drug-likeness (QED) is 0.281. The largest absolute Gasteiger partial charge is 0.444 e. The number of amides is 1. The molecule has 2 rings (SSSR count). The highest BCUT2D eigenvalue weighted by molar-refractivity contribution is 9.10. The molecule has 2 N–H and O–H groups in total. The molecule has 158 valence electrons. The monoisotopic (exact) mass is 495 g/mol. The van der Waals surface area contributed by atoms with Gasteiger partial charge >= 0.3 is 6.09 Å². The molecule has 2 heterocycles. The molecular weight excluding hydrogens is 468 g/mol. The first-order valence-corrected chi connectivity index (χ1v) is 10.7.